The van der Waals surface area contributed by atoms with Crippen molar-refractivity contribution in [3.63, 3.8) is 0 Å². The second-order valence-electron chi connectivity index (χ2n) is 10.7. The first-order valence-corrected chi connectivity index (χ1v) is 15.4. The molecule has 3 aromatic carbocycles. The Bertz CT molecular complexity index is 1530. The Hall–Kier alpha value is -4.03. The SMILES string of the molecule is CC(=O)OC(C)C(=O)NCc1ccccc1-c1ccc(C2OC(CSc3ncn[nH]3)C(C)C(c3ccc(CO)cc3)O2)cc1. The largest absolute Gasteiger partial charge is 0.453 e. The highest BCUT2D eigenvalue weighted by atomic mass is 32.2. The molecule has 0 saturated carbocycles. The number of ether oxygens (including phenoxy) is 3. The normalized spacial score (nSPS) is 20.5. The highest BCUT2D eigenvalue weighted by Crippen LogP contribution is 2.43. The third-order valence-corrected chi connectivity index (χ3v) is 8.54. The maximum Gasteiger partial charge on any atom is 0.303 e. The van der Waals surface area contributed by atoms with Crippen LogP contribution < -0.4 is 5.32 Å². The second-order valence-corrected chi connectivity index (χ2v) is 11.7. The van der Waals surface area contributed by atoms with E-state index in [2.05, 4.69) is 27.4 Å². The quantitative estimate of drug-likeness (QED) is 0.155. The lowest BCUT2D eigenvalue weighted by atomic mass is 9.91. The average molecular weight is 617 g/mol. The molecule has 0 spiro atoms. The van der Waals surface area contributed by atoms with Gasteiger partial charge in [-0.15, -0.1) is 0 Å². The predicted octanol–water partition coefficient (Wildman–Crippen LogP) is 5.12. The molecule has 5 atom stereocenters. The Morgan fingerprint density at radius 2 is 1.77 bits per heavy atom. The van der Waals surface area contributed by atoms with Crippen LogP contribution in [-0.4, -0.2) is 50.1 Å². The molecule has 4 aromatic rings. The number of nitrogens with zero attached hydrogens (tertiary/aromatic N) is 2. The lowest BCUT2D eigenvalue weighted by molar-refractivity contribution is -0.268. The van der Waals surface area contributed by atoms with Gasteiger partial charge in [0.15, 0.2) is 17.6 Å². The summed E-state index contributed by atoms with van der Waals surface area (Å²) in [5.74, 6) is -0.150. The van der Waals surface area contributed by atoms with Gasteiger partial charge in [0.2, 0.25) is 0 Å². The van der Waals surface area contributed by atoms with Crippen LogP contribution in [0.1, 0.15) is 55.4 Å². The number of benzene rings is 3. The minimum atomic E-state index is -0.869. The number of thioether (sulfide) groups is 1. The molecule has 1 aliphatic heterocycles. The Kier molecular flexibility index (Phi) is 10.4. The summed E-state index contributed by atoms with van der Waals surface area (Å²) in [6.45, 7) is 5.22. The van der Waals surface area contributed by atoms with Gasteiger partial charge in [0, 0.05) is 30.7 Å². The molecule has 0 aliphatic carbocycles. The molecule has 1 fully saturated rings. The summed E-state index contributed by atoms with van der Waals surface area (Å²) < 4.78 is 18.1. The van der Waals surface area contributed by atoms with E-state index in [4.69, 9.17) is 14.2 Å². The van der Waals surface area contributed by atoms with Gasteiger partial charge in [0.25, 0.3) is 5.91 Å². The molecular weight excluding hydrogens is 580 g/mol. The van der Waals surface area contributed by atoms with E-state index in [1.807, 2.05) is 72.8 Å². The number of carbonyl (C=O) groups is 2. The van der Waals surface area contributed by atoms with E-state index in [0.29, 0.717) is 5.75 Å². The fraction of sp³-hybridized carbons (Fsp3) is 0.333. The molecule has 1 aliphatic rings. The molecule has 3 N–H and O–H groups in total. The highest BCUT2D eigenvalue weighted by Gasteiger charge is 2.38. The molecule has 44 heavy (non-hydrogen) atoms. The molecule has 11 heteroatoms. The van der Waals surface area contributed by atoms with E-state index in [0.717, 1.165) is 38.5 Å². The van der Waals surface area contributed by atoms with Crippen molar-refractivity contribution in [2.45, 2.75) is 63.7 Å². The molecule has 2 heterocycles. The van der Waals surface area contributed by atoms with Crippen molar-refractivity contribution >= 4 is 23.6 Å². The molecule has 5 unspecified atom stereocenters. The molecule has 230 valence electrons. The summed E-state index contributed by atoms with van der Waals surface area (Å²) in [5, 5.41) is 19.9. The van der Waals surface area contributed by atoms with E-state index < -0.39 is 18.4 Å². The second kappa shape index (κ2) is 14.6. The fourth-order valence-electron chi connectivity index (χ4n) is 5.14. The van der Waals surface area contributed by atoms with Crippen LogP contribution in [0.15, 0.2) is 84.3 Å². The van der Waals surface area contributed by atoms with Crippen LogP contribution in [0.3, 0.4) is 0 Å². The molecule has 10 nitrogen and oxygen atoms in total. The number of hydrogen-bond donors (Lipinski definition) is 3. The molecular formula is C33H36N4O6S. The van der Waals surface area contributed by atoms with E-state index in [-0.39, 0.29) is 37.2 Å². The van der Waals surface area contributed by atoms with Gasteiger partial charge >= 0.3 is 5.97 Å². The summed E-state index contributed by atoms with van der Waals surface area (Å²) >= 11 is 1.55. The Labute approximate surface area is 260 Å². The van der Waals surface area contributed by atoms with Crippen LogP contribution in [0, 0.1) is 5.92 Å². The first-order valence-electron chi connectivity index (χ1n) is 14.4. The fourth-order valence-corrected chi connectivity index (χ4v) is 6.08. The molecule has 5 rings (SSSR count). The number of carbonyl (C=O) groups excluding carboxylic acids is 2. The summed E-state index contributed by atoms with van der Waals surface area (Å²) in [6, 6.07) is 23.7. The molecule has 1 amide bonds. The monoisotopic (exact) mass is 616 g/mol. The minimum absolute atomic E-state index is 0.0151. The van der Waals surface area contributed by atoms with Crippen LogP contribution in [0.2, 0.25) is 0 Å². The van der Waals surface area contributed by atoms with Gasteiger partial charge in [0.05, 0.1) is 18.8 Å². The number of aromatic nitrogens is 3. The van der Waals surface area contributed by atoms with Crippen molar-refractivity contribution in [3.05, 3.63) is 101 Å². The molecule has 1 saturated heterocycles. The summed E-state index contributed by atoms with van der Waals surface area (Å²) in [4.78, 5) is 27.8. The van der Waals surface area contributed by atoms with Crippen LogP contribution in [0.25, 0.3) is 11.1 Å². The first-order chi connectivity index (χ1) is 21.3. The topological polar surface area (TPSA) is 136 Å². The molecule has 0 radical (unpaired) electrons. The van der Waals surface area contributed by atoms with E-state index in [9.17, 15) is 14.7 Å². The van der Waals surface area contributed by atoms with E-state index in [1.54, 1.807) is 18.7 Å². The van der Waals surface area contributed by atoms with Gasteiger partial charge in [-0.05, 0) is 34.7 Å². The van der Waals surface area contributed by atoms with Gasteiger partial charge in [-0.1, -0.05) is 91.5 Å². The number of hydrogen-bond acceptors (Lipinski definition) is 9. The lowest BCUT2D eigenvalue weighted by Gasteiger charge is -2.41. The van der Waals surface area contributed by atoms with Gasteiger partial charge in [-0.2, -0.15) is 5.10 Å². The van der Waals surface area contributed by atoms with E-state index in [1.165, 1.54) is 13.3 Å². The number of nitrogens with one attached hydrogen (secondary N) is 2. The first kappa shape index (κ1) is 31.4. The Balaban J connectivity index is 1.34. The highest BCUT2D eigenvalue weighted by molar-refractivity contribution is 7.99. The standard InChI is InChI=1S/C33H36N4O6S/c1-20-29(18-44-33-35-19-36-37-33)42-32(43-30(20)25-10-8-23(17-38)9-11-25)26-14-12-24(13-15-26)28-7-5-4-6-27(28)16-34-31(40)21(2)41-22(3)39/h4-15,19-21,29-30,32,38H,16-18H2,1-3H3,(H,34,40)(H,35,36,37). The number of rotatable bonds is 11. The average Bonchev–Trinajstić information content (AvgIpc) is 3.57. The van der Waals surface area contributed by atoms with E-state index >= 15 is 0 Å². The van der Waals surface area contributed by atoms with Crippen LogP contribution in [-0.2, 0) is 37.0 Å². The van der Waals surface area contributed by atoms with Gasteiger partial charge < -0.3 is 24.6 Å². The maximum atomic E-state index is 12.4. The van der Waals surface area contributed by atoms with Crippen molar-refractivity contribution < 1.29 is 28.9 Å². The lowest BCUT2D eigenvalue weighted by Crippen LogP contribution is -2.38. The number of esters is 1. The van der Waals surface area contributed by atoms with Crippen molar-refractivity contribution in [2.75, 3.05) is 5.75 Å². The van der Waals surface area contributed by atoms with Crippen molar-refractivity contribution in [1.29, 1.82) is 0 Å². The van der Waals surface area contributed by atoms with Crippen molar-refractivity contribution in [2.24, 2.45) is 5.92 Å². The van der Waals surface area contributed by atoms with Crippen LogP contribution in [0.4, 0.5) is 0 Å². The van der Waals surface area contributed by atoms with Crippen LogP contribution in [0.5, 0.6) is 0 Å². The summed E-state index contributed by atoms with van der Waals surface area (Å²) in [6.07, 6.45) is -0.334. The van der Waals surface area contributed by atoms with Gasteiger partial charge in [0.1, 0.15) is 6.33 Å². The third-order valence-electron chi connectivity index (χ3n) is 7.58. The van der Waals surface area contributed by atoms with Gasteiger partial charge in [-0.3, -0.25) is 14.7 Å². The smallest absolute Gasteiger partial charge is 0.303 e. The van der Waals surface area contributed by atoms with Gasteiger partial charge in [-0.25, -0.2) is 4.98 Å². The number of amides is 1. The Morgan fingerprint density at radius 3 is 2.45 bits per heavy atom. The number of aliphatic hydroxyl groups excluding tert-OH is 1. The predicted molar refractivity (Wildman–Crippen MR) is 165 cm³/mol. The Morgan fingerprint density at radius 1 is 1.05 bits per heavy atom. The zero-order valence-electron chi connectivity index (χ0n) is 24.8. The number of aliphatic hydroxyl groups is 1. The maximum absolute atomic E-state index is 12.4. The summed E-state index contributed by atoms with van der Waals surface area (Å²) in [7, 11) is 0. The third kappa shape index (κ3) is 7.72. The molecule has 1 aromatic heterocycles. The molecule has 0 bridgehead atoms. The zero-order chi connectivity index (χ0) is 31.1. The van der Waals surface area contributed by atoms with Crippen molar-refractivity contribution in [3.8, 4) is 11.1 Å². The number of H-pyrrole nitrogens is 1. The summed E-state index contributed by atoms with van der Waals surface area (Å²) in [5.41, 5.74) is 5.63. The van der Waals surface area contributed by atoms with Crippen molar-refractivity contribution in [1.82, 2.24) is 20.5 Å². The number of aromatic amines is 1. The minimum Gasteiger partial charge on any atom is -0.453 e. The van der Waals surface area contributed by atoms with Crippen LogP contribution >= 0.6 is 11.8 Å². The zero-order valence-corrected chi connectivity index (χ0v) is 25.6.